The Bertz CT molecular complexity index is 1370. The van der Waals surface area contributed by atoms with Crippen molar-refractivity contribution in [3.8, 4) is 6.07 Å². The van der Waals surface area contributed by atoms with Crippen LogP contribution in [0.5, 0.6) is 0 Å². The van der Waals surface area contributed by atoms with Crippen LogP contribution >= 0.6 is 0 Å². The fourth-order valence-electron chi connectivity index (χ4n) is 4.29. The molecule has 0 N–H and O–H groups in total. The molecule has 0 aromatic heterocycles. The van der Waals surface area contributed by atoms with Crippen LogP contribution in [-0.4, -0.2) is 30.8 Å². The second-order valence-electron chi connectivity index (χ2n) is 8.00. The Morgan fingerprint density at radius 1 is 1.09 bits per heavy atom. The normalized spacial score (nSPS) is 18.7. The molecule has 12 heteroatoms. The van der Waals surface area contributed by atoms with Gasteiger partial charge in [-0.05, 0) is 48.7 Å². The first-order valence-corrected chi connectivity index (χ1v) is 12.1. The van der Waals surface area contributed by atoms with E-state index in [-0.39, 0.29) is 60.8 Å². The van der Waals surface area contributed by atoms with Gasteiger partial charge in [-0.2, -0.15) is 18.4 Å². The first-order chi connectivity index (χ1) is 15.9. The molecule has 0 saturated carbocycles. The third kappa shape index (κ3) is 5.02. The summed E-state index contributed by atoms with van der Waals surface area (Å²) in [7, 11) is -4.27. The zero-order valence-electron chi connectivity index (χ0n) is 19.8. The largest absolute Gasteiger partial charge is 1.00 e. The zero-order valence-corrected chi connectivity index (χ0v) is 21.7. The summed E-state index contributed by atoms with van der Waals surface area (Å²) in [5.41, 5.74) is -0.389. The number of ketones is 1. The number of alkyl halides is 3. The number of benzene rings is 2. The molecule has 1 unspecified atom stereocenters. The van der Waals surface area contributed by atoms with E-state index in [1.165, 1.54) is 30.3 Å². The van der Waals surface area contributed by atoms with E-state index in [0.29, 0.717) is 21.9 Å². The van der Waals surface area contributed by atoms with Gasteiger partial charge >= 0.3 is 41.8 Å². The predicted molar refractivity (Wildman–Crippen MR) is 117 cm³/mol. The minimum atomic E-state index is -4.68. The van der Waals surface area contributed by atoms with Crippen molar-refractivity contribution in [2.75, 3.05) is 11.2 Å². The van der Waals surface area contributed by atoms with Crippen molar-refractivity contribution in [3.05, 3.63) is 76.5 Å². The summed E-state index contributed by atoms with van der Waals surface area (Å²) >= 11 is 0. The van der Waals surface area contributed by atoms with Gasteiger partial charge in [0.15, 0.2) is 5.78 Å². The average Bonchev–Trinajstić information content (AvgIpc) is 2.77. The molecule has 2 aromatic rings. The molecule has 1 atom stereocenters. The summed E-state index contributed by atoms with van der Waals surface area (Å²) in [4.78, 5) is 27.6. The minimum Gasteiger partial charge on any atom is -1.00 e. The van der Waals surface area contributed by atoms with Gasteiger partial charge in [0.2, 0.25) is 10.0 Å². The van der Waals surface area contributed by atoms with Crippen LogP contribution in [0.2, 0.25) is 0 Å². The van der Waals surface area contributed by atoms with Crippen molar-refractivity contribution in [1.82, 2.24) is 4.31 Å². The fraction of sp³-hybridized carbons (Fsp3) is 0.261. The molecule has 2 aromatic carbocycles. The SMILES string of the molecule is CS(=O)(=O)N1C(=O)N(c2cccc(C(F)(F)F)c2)C2=C(C(=O)CCC2)C1c1ccc(C#N)cc1.[H-].[Na+]. The number of halogens is 3. The second kappa shape index (κ2) is 9.78. The predicted octanol–water partition coefficient (Wildman–Crippen LogP) is 1.64. The van der Waals surface area contributed by atoms with Gasteiger partial charge in [-0.25, -0.2) is 17.5 Å². The van der Waals surface area contributed by atoms with Crippen LogP contribution in [0.1, 0.15) is 43.4 Å². The molecule has 2 amide bonds. The Labute approximate surface area is 223 Å². The van der Waals surface area contributed by atoms with Crippen LogP contribution in [0.3, 0.4) is 0 Å². The van der Waals surface area contributed by atoms with Gasteiger partial charge in [0, 0.05) is 17.7 Å². The number of nitrogens with zero attached hydrogens (tertiary/aromatic N) is 3. The van der Waals surface area contributed by atoms with E-state index < -0.39 is 39.6 Å². The Hall–Kier alpha value is -2.65. The monoisotopic (exact) mass is 513 g/mol. The number of anilines is 1. The molecule has 178 valence electrons. The first kappa shape index (κ1) is 26.9. The Kier molecular flexibility index (Phi) is 7.53. The van der Waals surface area contributed by atoms with Crippen molar-refractivity contribution in [2.24, 2.45) is 0 Å². The topological polar surface area (TPSA) is 98.6 Å². The number of carbonyl (C=O) groups excluding carboxylic acids is 2. The van der Waals surface area contributed by atoms with E-state index in [4.69, 9.17) is 5.26 Å². The number of sulfonamides is 1. The molecule has 0 fully saturated rings. The minimum absolute atomic E-state index is 0. The summed E-state index contributed by atoms with van der Waals surface area (Å²) in [5.74, 6) is -0.395. The number of urea groups is 1. The maximum atomic E-state index is 13.6. The van der Waals surface area contributed by atoms with E-state index in [9.17, 15) is 31.2 Å². The van der Waals surface area contributed by atoms with Crippen LogP contribution in [0.15, 0.2) is 59.8 Å². The summed E-state index contributed by atoms with van der Waals surface area (Å²) in [6, 6.07) is 9.34. The molecule has 4 rings (SSSR count). The van der Waals surface area contributed by atoms with E-state index in [1.54, 1.807) is 0 Å². The molecule has 7 nitrogen and oxygen atoms in total. The van der Waals surface area contributed by atoms with Crippen LogP contribution in [0.4, 0.5) is 23.7 Å². The second-order valence-corrected chi connectivity index (χ2v) is 9.86. The van der Waals surface area contributed by atoms with Gasteiger partial charge in [-0.3, -0.25) is 9.69 Å². The molecule has 0 saturated heterocycles. The number of hydrogen-bond acceptors (Lipinski definition) is 5. The number of allylic oxidation sites excluding steroid dienone is 1. The van der Waals surface area contributed by atoms with Gasteiger partial charge in [-0.1, -0.05) is 18.2 Å². The fourth-order valence-corrected chi connectivity index (χ4v) is 5.27. The van der Waals surface area contributed by atoms with Gasteiger partial charge in [0.25, 0.3) is 0 Å². The van der Waals surface area contributed by atoms with Crippen LogP contribution in [0, 0.1) is 11.3 Å². The molecule has 1 aliphatic heterocycles. The number of hydrogen-bond donors (Lipinski definition) is 0. The van der Waals surface area contributed by atoms with Gasteiger partial charge in [0.1, 0.15) is 6.04 Å². The number of amides is 2. The Morgan fingerprint density at radius 2 is 1.74 bits per heavy atom. The van der Waals surface area contributed by atoms with Crippen molar-refractivity contribution in [3.63, 3.8) is 0 Å². The molecule has 2 aliphatic rings. The molecule has 35 heavy (non-hydrogen) atoms. The Morgan fingerprint density at radius 3 is 2.31 bits per heavy atom. The quantitative estimate of drug-likeness (QED) is 0.582. The van der Waals surface area contributed by atoms with Crippen molar-refractivity contribution >= 4 is 27.5 Å². The van der Waals surface area contributed by atoms with Gasteiger partial charge < -0.3 is 1.43 Å². The van der Waals surface area contributed by atoms with Crippen molar-refractivity contribution in [2.45, 2.75) is 31.5 Å². The molecule has 0 spiro atoms. The summed E-state index contributed by atoms with van der Waals surface area (Å²) in [6.07, 6.45) is -3.22. The Balaban J connectivity index is 0.00000228. The van der Waals surface area contributed by atoms with Crippen molar-refractivity contribution < 1.29 is 62.2 Å². The van der Waals surface area contributed by atoms with Gasteiger partial charge in [-0.15, -0.1) is 0 Å². The number of Topliss-reactive ketones (excluding diaryl/α,β-unsaturated/α-hetero) is 1. The van der Waals surface area contributed by atoms with E-state index in [0.717, 1.165) is 29.4 Å². The third-order valence-corrected chi connectivity index (χ3v) is 6.81. The third-order valence-electron chi connectivity index (χ3n) is 5.73. The number of nitriles is 1. The average molecular weight is 513 g/mol. The number of carbonyl (C=O) groups is 2. The standard InChI is InChI=1S/C23H18F3N3O4S.Na.H/c1-34(32,33)29-21(15-10-8-14(13-27)9-11-15)20-18(6-3-7-19(20)30)28(22(29)31)17-5-2-4-16(12-17)23(24,25)26;;/h2,4-5,8-12,21H,3,6-7H2,1H3;;/q;+1;-1. The van der Waals surface area contributed by atoms with E-state index >= 15 is 0 Å². The van der Waals surface area contributed by atoms with Crippen LogP contribution in [-0.2, 0) is 21.0 Å². The zero-order chi connectivity index (χ0) is 24.8. The first-order valence-electron chi connectivity index (χ1n) is 10.2. The summed E-state index contributed by atoms with van der Waals surface area (Å²) < 4.78 is 66.1. The van der Waals surface area contributed by atoms with Gasteiger partial charge in [0.05, 0.1) is 29.1 Å². The summed E-state index contributed by atoms with van der Waals surface area (Å²) in [5, 5.41) is 9.07. The molecule has 1 heterocycles. The van der Waals surface area contributed by atoms with Crippen LogP contribution in [0.25, 0.3) is 0 Å². The molecular weight excluding hydrogens is 494 g/mol. The van der Waals surface area contributed by atoms with E-state index in [1.807, 2.05) is 6.07 Å². The number of rotatable bonds is 3. The molecular formula is C23H19F3N3NaO4S. The molecule has 0 bridgehead atoms. The summed E-state index contributed by atoms with van der Waals surface area (Å²) in [6.45, 7) is 0. The maximum Gasteiger partial charge on any atom is 1.00 e. The van der Waals surface area contributed by atoms with Crippen LogP contribution < -0.4 is 34.5 Å². The molecule has 0 radical (unpaired) electrons. The smallest absolute Gasteiger partial charge is 1.00 e. The maximum absolute atomic E-state index is 13.6. The van der Waals surface area contributed by atoms with Crippen molar-refractivity contribution in [1.29, 1.82) is 5.26 Å². The molecule has 1 aliphatic carbocycles. The van der Waals surface area contributed by atoms with E-state index in [2.05, 4.69) is 0 Å².